The normalized spacial score (nSPS) is 15.7. The molecular formula is C26H28N2O5S. The number of sulfonamides is 1. The first-order valence-corrected chi connectivity index (χ1v) is 12.4. The van der Waals surface area contributed by atoms with Crippen LogP contribution in [0.25, 0.3) is 0 Å². The monoisotopic (exact) mass is 480 g/mol. The van der Waals surface area contributed by atoms with Gasteiger partial charge in [-0.15, -0.1) is 0 Å². The lowest BCUT2D eigenvalue weighted by Gasteiger charge is -2.36. The summed E-state index contributed by atoms with van der Waals surface area (Å²) in [5, 5.41) is 3.03. The molecule has 0 bridgehead atoms. The maximum Gasteiger partial charge on any atom is 0.264 e. The maximum absolute atomic E-state index is 13.5. The molecule has 0 saturated heterocycles. The summed E-state index contributed by atoms with van der Waals surface area (Å²) in [4.78, 5) is 13.3. The largest absolute Gasteiger partial charge is 0.497 e. The highest BCUT2D eigenvalue weighted by Gasteiger charge is 2.38. The van der Waals surface area contributed by atoms with E-state index in [4.69, 9.17) is 9.47 Å². The predicted octanol–water partition coefficient (Wildman–Crippen LogP) is 3.79. The van der Waals surface area contributed by atoms with E-state index in [1.807, 2.05) is 44.2 Å². The van der Waals surface area contributed by atoms with E-state index in [1.54, 1.807) is 36.4 Å². The summed E-state index contributed by atoms with van der Waals surface area (Å²) in [5.41, 5.74) is 0.927. The molecule has 1 N–H and O–H groups in total. The van der Waals surface area contributed by atoms with Gasteiger partial charge in [0.2, 0.25) is 0 Å². The van der Waals surface area contributed by atoms with Crippen LogP contribution in [0.3, 0.4) is 0 Å². The Bertz CT molecular complexity index is 1260. The van der Waals surface area contributed by atoms with Crippen molar-refractivity contribution < 1.29 is 22.7 Å². The lowest BCUT2D eigenvalue weighted by atomic mass is 9.94. The first-order chi connectivity index (χ1) is 16.2. The number of rotatable bonds is 7. The van der Waals surface area contributed by atoms with E-state index in [9.17, 15) is 13.2 Å². The number of hydrogen-bond donors (Lipinski definition) is 1. The van der Waals surface area contributed by atoms with Crippen LogP contribution < -0.4 is 19.1 Å². The van der Waals surface area contributed by atoms with Crippen molar-refractivity contribution in [2.75, 3.05) is 18.0 Å². The summed E-state index contributed by atoms with van der Waals surface area (Å²) in [7, 11) is -2.42. The first kappa shape index (κ1) is 23.6. The van der Waals surface area contributed by atoms with Gasteiger partial charge in [-0.3, -0.25) is 9.10 Å². The third kappa shape index (κ3) is 5.02. The van der Waals surface area contributed by atoms with Crippen molar-refractivity contribution in [1.82, 2.24) is 5.32 Å². The number of methoxy groups -OCH3 is 1. The van der Waals surface area contributed by atoms with Crippen LogP contribution in [0, 0.1) is 0 Å². The SMILES string of the molecule is COc1ccc(S(=O)(=O)N2CC(C(=O)NC(C)(C)Cc3ccccc3)Oc3ccccc32)cc1. The topological polar surface area (TPSA) is 84.9 Å². The zero-order chi connectivity index (χ0) is 24.3. The average Bonchev–Trinajstić information content (AvgIpc) is 2.83. The second-order valence-corrected chi connectivity index (χ2v) is 10.7. The zero-order valence-corrected chi connectivity index (χ0v) is 20.2. The Morgan fingerprint density at radius 1 is 1.03 bits per heavy atom. The predicted molar refractivity (Wildman–Crippen MR) is 131 cm³/mol. The van der Waals surface area contributed by atoms with Gasteiger partial charge in [-0.25, -0.2) is 8.42 Å². The van der Waals surface area contributed by atoms with Gasteiger partial charge in [-0.05, 0) is 62.2 Å². The fraction of sp³-hybridized carbons (Fsp3) is 0.269. The number of anilines is 1. The van der Waals surface area contributed by atoms with Crippen molar-refractivity contribution in [3.05, 3.63) is 84.4 Å². The smallest absolute Gasteiger partial charge is 0.264 e. The number of carbonyl (C=O) groups excluding carboxylic acids is 1. The fourth-order valence-electron chi connectivity index (χ4n) is 4.01. The quantitative estimate of drug-likeness (QED) is 0.556. The van der Waals surface area contributed by atoms with Gasteiger partial charge < -0.3 is 14.8 Å². The molecule has 0 saturated carbocycles. The number of ether oxygens (including phenoxy) is 2. The number of fused-ring (bicyclic) bond motifs is 1. The number of para-hydroxylation sites is 2. The molecule has 1 aliphatic rings. The standard InChI is InChI=1S/C26H28N2O5S/c1-26(2,17-19-9-5-4-6-10-19)27-25(29)24-18-28(22-11-7-8-12-23(22)33-24)34(30,31)21-15-13-20(32-3)14-16-21/h4-16,24H,17-18H2,1-3H3,(H,27,29). The molecule has 178 valence electrons. The van der Waals surface area contributed by atoms with Crippen LogP contribution in [0.5, 0.6) is 11.5 Å². The molecule has 0 aromatic heterocycles. The number of carbonyl (C=O) groups is 1. The summed E-state index contributed by atoms with van der Waals surface area (Å²) in [6.07, 6.45) is -0.380. The van der Waals surface area contributed by atoms with E-state index in [2.05, 4.69) is 5.32 Å². The van der Waals surface area contributed by atoms with E-state index in [-0.39, 0.29) is 17.3 Å². The van der Waals surface area contributed by atoms with Crippen LogP contribution in [0.1, 0.15) is 19.4 Å². The molecule has 34 heavy (non-hydrogen) atoms. The summed E-state index contributed by atoms with van der Waals surface area (Å²) in [6.45, 7) is 3.72. The van der Waals surface area contributed by atoms with Crippen molar-refractivity contribution in [2.24, 2.45) is 0 Å². The molecule has 1 unspecified atom stereocenters. The lowest BCUT2D eigenvalue weighted by Crippen LogP contribution is -2.55. The van der Waals surface area contributed by atoms with Gasteiger partial charge in [0.05, 0.1) is 24.2 Å². The fourth-order valence-corrected chi connectivity index (χ4v) is 5.48. The Hall–Kier alpha value is -3.52. The lowest BCUT2D eigenvalue weighted by molar-refractivity contribution is -0.129. The number of amides is 1. The van der Waals surface area contributed by atoms with Crippen molar-refractivity contribution >= 4 is 21.6 Å². The molecule has 0 fully saturated rings. The summed E-state index contributed by atoms with van der Waals surface area (Å²) in [6, 6.07) is 22.9. The molecule has 8 heteroatoms. The molecule has 0 radical (unpaired) electrons. The first-order valence-electron chi connectivity index (χ1n) is 11.0. The Morgan fingerprint density at radius 2 is 1.68 bits per heavy atom. The maximum atomic E-state index is 13.5. The number of nitrogens with one attached hydrogen (secondary N) is 1. The second-order valence-electron chi connectivity index (χ2n) is 8.82. The van der Waals surface area contributed by atoms with E-state index >= 15 is 0 Å². The number of benzene rings is 3. The molecule has 1 amide bonds. The van der Waals surface area contributed by atoms with Gasteiger partial charge in [0.25, 0.3) is 15.9 Å². The van der Waals surface area contributed by atoms with E-state index in [0.717, 1.165) is 5.56 Å². The average molecular weight is 481 g/mol. The molecule has 0 spiro atoms. The third-order valence-electron chi connectivity index (χ3n) is 5.63. The van der Waals surface area contributed by atoms with Gasteiger partial charge in [0.15, 0.2) is 6.10 Å². The van der Waals surface area contributed by atoms with Crippen molar-refractivity contribution in [1.29, 1.82) is 0 Å². The third-order valence-corrected chi connectivity index (χ3v) is 7.42. The highest BCUT2D eigenvalue weighted by Crippen LogP contribution is 2.37. The van der Waals surface area contributed by atoms with Gasteiger partial charge >= 0.3 is 0 Å². The minimum absolute atomic E-state index is 0.105. The molecule has 3 aromatic carbocycles. The number of nitrogens with zero attached hydrogens (tertiary/aromatic N) is 1. The van der Waals surface area contributed by atoms with Gasteiger partial charge in [-0.1, -0.05) is 42.5 Å². The van der Waals surface area contributed by atoms with Crippen LogP contribution in [-0.4, -0.2) is 39.6 Å². The Morgan fingerprint density at radius 3 is 2.35 bits per heavy atom. The molecule has 7 nitrogen and oxygen atoms in total. The number of hydrogen-bond acceptors (Lipinski definition) is 5. The Labute approximate surface area is 200 Å². The van der Waals surface area contributed by atoms with Crippen LogP contribution in [0.4, 0.5) is 5.69 Å². The van der Waals surface area contributed by atoms with Crippen molar-refractivity contribution in [2.45, 2.75) is 36.8 Å². The molecule has 4 rings (SSSR count). The van der Waals surface area contributed by atoms with Crippen molar-refractivity contribution in [3.63, 3.8) is 0 Å². The van der Waals surface area contributed by atoms with Crippen LogP contribution in [0.2, 0.25) is 0 Å². The minimum atomic E-state index is -3.94. The summed E-state index contributed by atoms with van der Waals surface area (Å²) in [5.74, 6) is 0.524. The van der Waals surface area contributed by atoms with Crippen LogP contribution in [-0.2, 0) is 21.2 Å². The second kappa shape index (κ2) is 9.38. The molecule has 1 atom stereocenters. The van der Waals surface area contributed by atoms with Crippen LogP contribution >= 0.6 is 0 Å². The Balaban J connectivity index is 1.59. The van der Waals surface area contributed by atoms with E-state index in [0.29, 0.717) is 23.6 Å². The van der Waals surface area contributed by atoms with Crippen molar-refractivity contribution in [3.8, 4) is 11.5 Å². The summed E-state index contributed by atoms with van der Waals surface area (Å²) < 4.78 is 39.4. The minimum Gasteiger partial charge on any atom is -0.497 e. The van der Waals surface area contributed by atoms with Crippen LogP contribution in [0.15, 0.2) is 83.8 Å². The molecule has 1 heterocycles. The van der Waals surface area contributed by atoms with Gasteiger partial charge in [0, 0.05) is 5.54 Å². The molecular weight excluding hydrogens is 452 g/mol. The molecule has 0 aliphatic carbocycles. The highest BCUT2D eigenvalue weighted by atomic mass is 32.2. The molecule has 1 aliphatic heterocycles. The zero-order valence-electron chi connectivity index (χ0n) is 19.4. The van der Waals surface area contributed by atoms with Gasteiger partial charge in [0.1, 0.15) is 11.5 Å². The van der Waals surface area contributed by atoms with E-state index in [1.165, 1.54) is 23.5 Å². The molecule has 3 aromatic rings. The van der Waals surface area contributed by atoms with E-state index < -0.39 is 21.7 Å². The summed E-state index contributed by atoms with van der Waals surface area (Å²) >= 11 is 0. The Kier molecular flexibility index (Phi) is 6.52. The highest BCUT2D eigenvalue weighted by molar-refractivity contribution is 7.92. The van der Waals surface area contributed by atoms with Gasteiger partial charge in [-0.2, -0.15) is 0 Å².